The third-order valence-electron chi connectivity index (χ3n) is 8.81. The molecule has 246 valence electrons. The van der Waals surface area contributed by atoms with Crippen LogP contribution in [0.5, 0.6) is 17.2 Å². The number of ether oxygens (including phenoxy) is 5. The van der Waals surface area contributed by atoms with Crippen molar-refractivity contribution in [3.05, 3.63) is 51.6 Å². The fourth-order valence-corrected chi connectivity index (χ4v) is 7.13. The average molecular weight is 660 g/mol. The fraction of sp³-hybridized carbons (Fsp3) is 0.484. The number of ketones is 3. The average Bonchev–Trinajstić information content (AvgIpc) is 3.55. The minimum atomic E-state index is -2.06. The molecule has 0 aromatic heterocycles. The molecule has 2 aromatic carbocycles. The summed E-state index contributed by atoms with van der Waals surface area (Å²) in [5.41, 5.74) is 1.54. The number of Topliss-reactive ketones (excluding diaryl/α,β-unsaturated/α-hetero) is 1. The van der Waals surface area contributed by atoms with Gasteiger partial charge < -0.3 is 49.8 Å². The Morgan fingerprint density at radius 2 is 1.87 bits per heavy atom. The highest BCUT2D eigenvalue weighted by molar-refractivity contribution is 8.00. The lowest BCUT2D eigenvalue weighted by Gasteiger charge is -2.42. The van der Waals surface area contributed by atoms with Gasteiger partial charge in [0.15, 0.2) is 17.9 Å². The molecular formula is C31H33NO13S. The van der Waals surface area contributed by atoms with E-state index in [1.807, 2.05) is 0 Å². The van der Waals surface area contributed by atoms with E-state index in [1.165, 1.54) is 30.0 Å². The number of benzene rings is 2. The van der Waals surface area contributed by atoms with Crippen molar-refractivity contribution in [3.63, 3.8) is 0 Å². The molecule has 0 radical (unpaired) electrons. The van der Waals surface area contributed by atoms with Crippen LogP contribution in [0.2, 0.25) is 0 Å². The monoisotopic (exact) mass is 659 g/mol. The van der Waals surface area contributed by atoms with Crippen molar-refractivity contribution < 1.29 is 63.3 Å². The number of rotatable bonds is 7. The summed E-state index contributed by atoms with van der Waals surface area (Å²) in [6, 6.07) is 3.43. The molecule has 0 amide bonds. The van der Waals surface area contributed by atoms with Crippen molar-refractivity contribution in [2.24, 2.45) is 5.73 Å². The number of esters is 1. The van der Waals surface area contributed by atoms with Crippen molar-refractivity contribution in [1.82, 2.24) is 0 Å². The number of phenolic OH excluding ortho intramolecular Hbond substituents is 2. The molecule has 0 saturated carbocycles. The molecule has 7 atom stereocenters. The number of nitrogens with two attached hydrogens (primary N) is 1. The predicted octanol–water partition coefficient (Wildman–Crippen LogP) is 0.989. The van der Waals surface area contributed by atoms with Crippen LogP contribution in [0.4, 0.5) is 0 Å². The number of carbonyl (C=O) groups excluding carboxylic acids is 4. The summed E-state index contributed by atoms with van der Waals surface area (Å²) in [4.78, 5) is 52.7. The molecule has 2 heterocycles. The Morgan fingerprint density at radius 3 is 2.54 bits per heavy atom. The topological polar surface area (TPSA) is 221 Å². The van der Waals surface area contributed by atoms with E-state index in [-0.39, 0.29) is 40.8 Å². The van der Waals surface area contributed by atoms with E-state index in [4.69, 9.17) is 29.4 Å². The van der Waals surface area contributed by atoms with E-state index in [0.717, 1.165) is 6.92 Å². The molecule has 5 unspecified atom stereocenters. The van der Waals surface area contributed by atoms with Crippen LogP contribution < -0.4 is 10.5 Å². The van der Waals surface area contributed by atoms with Crippen LogP contribution in [0.1, 0.15) is 75.8 Å². The van der Waals surface area contributed by atoms with Gasteiger partial charge in [0.25, 0.3) is 0 Å². The summed E-state index contributed by atoms with van der Waals surface area (Å²) in [7, 11) is 0. The summed E-state index contributed by atoms with van der Waals surface area (Å²) in [6.07, 6.45) is -4.89. The third kappa shape index (κ3) is 5.45. The lowest BCUT2D eigenvalue weighted by molar-refractivity contribution is -0.247. The van der Waals surface area contributed by atoms with Crippen LogP contribution in [0.3, 0.4) is 0 Å². The fourth-order valence-electron chi connectivity index (χ4n) is 6.32. The highest BCUT2D eigenvalue weighted by atomic mass is 32.2. The van der Waals surface area contributed by atoms with Crippen LogP contribution in [0.25, 0.3) is 0 Å². The molecule has 2 aliphatic carbocycles. The first-order valence-corrected chi connectivity index (χ1v) is 15.7. The van der Waals surface area contributed by atoms with E-state index in [9.17, 15) is 39.6 Å². The SMILES string of the molecule is CC(=O)[C@]1(O)Cc2c(O)c3c(c(O)c2[C@@H](OC2CC(N)C(O)C(C)O2)C1)C(=O)c1c(OCOC(=O)C2OCCS2)cccc1C3=O. The number of phenols is 2. The highest BCUT2D eigenvalue weighted by Crippen LogP contribution is 2.52. The van der Waals surface area contributed by atoms with Gasteiger partial charge in [-0.05, 0) is 19.9 Å². The number of thioether (sulfide) groups is 1. The maximum atomic E-state index is 14.0. The zero-order chi connectivity index (χ0) is 33.1. The minimum absolute atomic E-state index is 0.0230. The number of fused-ring (bicyclic) bond motifs is 3. The van der Waals surface area contributed by atoms with Crippen molar-refractivity contribution in [3.8, 4) is 17.2 Å². The molecule has 2 saturated heterocycles. The second kappa shape index (κ2) is 12.2. The van der Waals surface area contributed by atoms with Gasteiger partial charge in [0, 0.05) is 47.7 Å². The number of aliphatic hydroxyl groups excluding tert-OH is 1. The van der Waals surface area contributed by atoms with Gasteiger partial charge in [-0.3, -0.25) is 14.4 Å². The van der Waals surface area contributed by atoms with Gasteiger partial charge in [-0.1, -0.05) is 12.1 Å². The Labute approximate surface area is 266 Å². The maximum Gasteiger partial charge on any atom is 0.348 e. The molecule has 2 aliphatic heterocycles. The van der Waals surface area contributed by atoms with Crippen LogP contribution in [-0.4, -0.2) is 98.5 Å². The van der Waals surface area contributed by atoms with Crippen LogP contribution in [0.15, 0.2) is 18.2 Å². The molecule has 0 spiro atoms. The molecule has 14 nitrogen and oxygen atoms in total. The summed E-state index contributed by atoms with van der Waals surface area (Å²) in [5, 5.41) is 44.7. The van der Waals surface area contributed by atoms with E-state index < -0.39 is 101 Å². The molecule has 46 heavy (non-hydrogen) atoms. The molecule has 4 aliphatic rings. The summed E-state index contributed by atoms with van der Waals surface area (Å²) >= 11 is 1.27. The zero-order valence-corrected chi connectivity index (χ0v) is 25.7. The minimum Gasteiger partial charge on any atom is -0.507 e. The molecule has 15 heteroatoms. The summed E-state index contributed by atoms with van der Waals surface area (Å²) in [6.45, 7) is 2.55. The largest absolute Gasteiger partial charge is 0.507 e. The number of hydrogen-bond donors (Lipinski definition) is 5. The zero-order valence-electron chi connectivity index (χ0n) is 24.9. The standard InChI is InChI=1S/C31H33NO13S/c1-12-24(34)16(32)8-19(44-12)45-18-10-31(40,13(2)33)9-15-21(18)28(38)23-22(26(15)36)25(35)14-4-3-5-17(20(14)27(23)37)42-11-43-29(39)30-41-6-7-46-30/h3-5,12,16,18-19,24,30,34,36,38,40H,6-11,32H2,1-2H3/t12?,16?,18-,19?,24?,30?,31-/m0/s1. The molecule has 0 bridgehead atoms. The summed E-state index contributed by atoms with van der Waals surface area (Å²) in [5.74, 6) is -3.87. The molecular weight excluding hydrogens is 626 g/mol. The third-order valence-corrected chi connectivity index (χ3v) is 9.84. The van der Waals surface area contributed by atoms with Crippen molar-refractivity contribution in [2.45, 2.75) is 74.8 Å². The Balaban J connectivity index is 1.38. The number of hydrogen-bond acceptors (Lipinski definition) is 15. The van der Waals surface area contributed by atoms with Gasteiger partial charge in [0.1, 0.15) is 22.8 Å². The first-order valence-electron chi connectivity index (χ1n) is 14.7. The maximum absolute atomic E-state index is 14.0. The van der Waals surface area contributed by atoms with Gasteiger partial charge in [-0.25, -0.2) is 4.79 Å². The van der Waals surface area contributed by atoms with Gasteiger partial charge >= 0.3 is 5.97 Å². The van der Waals surface area contributed by atoms with Crippen LogP contribution >= 0.6 is 11.8 Å². The first-order chi connectivity index (χ1) is 21.8. The first kappa shape index (κ1) is 32.4. The normalized spacial score (nSPS) is 30.3. The van der Waals surface area contributed by atoms with Gasteiger partial charge in [-0.2, -0.15) is 0 Å². The lowest BCUT2D eigenvalue weighted by atomic mass is 9.72. The molecule has 6 rings (SSSR count). The van der Waals surface area contributed by atoms with Gasteiger partial charge in [0.2, 0.25) is 18.0 Å². The van der Waals surface area contributed by atoms with Gasteiger partial charge in [-0.15, -0.1) is 11.8 Å². The highest BCUT2D eigenvalue weighted by Gasteiger charge is 2.49. The Kier molecular flexibility index (Phi) is 8.60. The van der Waals surface area contributed by atoms with E-state index in [2.05, 4.69) is 0 Å². The molecule has 2 fully saturated rings. The second-order valence-electron chi connectivity index (χ2n) is 11.7. The quantitative estimate of drug-likeness (QED) is 0.136. The van der Waals surface area contributed by atoms with Crippen molar-refractivity contribution in [1.29, 1.82) is 0 Å². The van der Waals surface area contributed by atoms with Gasteiger partial charge in [0.05, 0.1) is 41.6 Å². The van der Waals surface area contributed by atoms with Crippen LogP contribution in [0, 0.1) is 0 Å². The van der Waals surface area contributed by atoms with Crippen LogP contribution in [-0.2, 0) is 35.0 Å². The number of aromatic hydroxyl groups is 2. The smallest absolute Gasteiger partial charge is 0.348 e. The Morgan fingerprint density at radius 1 is 1.13 bits per heavy atom. The lowest BCUT2D eigenvalue weighted by Crippen LogP contribution is -2.52. The van der Waals surface area contributed by atoms with Crippen molar-refractivity contribution in [2.75, 3.05) is 19.2 Å². The van der Waals surface area contributed by atoms with E-state index in [0.29, 0.717) is 12.4 Å². The van der Waals surface area contributed by atoms with Crippen molar-refractivity contribution >= 4 is 35.1 Å². The second-order valence-corrected chi connectivity index (χ2v) is 12.9. The summed E-state index contributed by atoms with van der Waals surface area (Å²) < 4.78 is 27.8. The molecule has 2 aromatic rings. The number of carbonyl (C=O) groups is 4. The molecule has 6 N–H and O–H groups in total. The Hall–Kier alpha value is -3.57. The van der Waals surface area contributed by atoms with E-state index in [1.54, 1.807) is 6.92 Å². The van der Waals surface area contributed by atoms with E-state index >= 15 is 0 Å². The predicted molar refractivity (Wildman–Crippen MR) is 158 cm³/mol. The Bertz CT molecular complexity index is 1610. The number of aliphatic hydroxyl groups is 2.